The third-order valence-electron chi connectivity index (χ3n) is 4.44. The molecule has 0 aliphatic carbocycles. The number of ketones is 1. The van der Waals surface area contributed by atoms with Crippen molar-refractivity contribution in [3.63, 3.8) is 0 Å². The summed E-state index contributed by atoms with van der Waals surface area (Å²) in [7, 11) is 11.3. The highest BCUT2D eigenvalue weighted by Crippen LogP contribution is 2.47. The molecular formula is C22H26ClNO6. The number of rotatable bonds is 9. The van der Waals surface area contributed by atoms with Crippen molar-refractivity contribution < 1.29 is 28.5 Å². The molecule has 0 atom stereocenters. The van der Waals surface area contributed by atoms with Crippen molar-refractivity contribution in [2.75, 3.05) is 54.5 Å². The predicted molar refractivity (Wildman–Crippen MR) is 118 cm³/mol. The molecule has 0 unspecified atom stereocenters. The van der Waals surface area contributed by atoms with Crippen molar-refractivity contribution in [3.8, 4) is 28.7 Å². The van der Waals surface area contributed by atoms with E-state index in [1.165, 1.54) is 34.5 Å². The van der Waals surface area contributed by atoms with Crippen LogP contribution in [0.5, 0.6) is 28.7 Å². The topological polar surface area (TPSA) is 66.5 Å². The second-order valence-corrected chi connectivity index (χ2v) is 6.78. The molecule has 0 aliphatic heterocycles. The molecule has 2 aromatic carbocycles. The number of halogens is 1. The normalized spacial score (nSPS) is 11.0. The third kappa shape index (κ3) is 4.57. The Morgan fingerprint density at radius 2 is 1.43 bits per heavy atom. The Bertz CT molecular complexity index is 955. The van der Waals surface area contributed by atoms with Crippen LogP contribution in [-0.4, -0.2) is 55.4 Å². The summed E-state index contributed by atoms with van der Waals surface area (Å²) in [6, 6.07) is 6.78. The van der Waals surface area contributed by atoms with E-state index >= 15 is 0 Å². The van der Waals surface area contributed by atoms with Gasteiger partial charge in [-0.1, -0.05) is 11.6 Å². The van der Waals surface area contributed by atoms with Crippen LogP contribution in [0.25, 0.3) is 6.08 Å². The zero-order valence-corrected chi connectivity index (χ0v) is 18.9. The van der Waals surface area contributed by atoms with Gasteiger partial charge in [-0.05, 0) is 30.3 Å². The first kappa shape index (κ1) is 23.2. The Kier molecular flexibility index (Phi) is 7.83. The van der Waals surface area contributed by atoms with Gasteiger partial charge in [-0.2, -0.15) is 0 Å². The Morgan fingerprint density at radius 3 is 1.93 bits per heavy atom. The lowest BCUT2D eigenvalue weighted by atomic mass is 10.1. The van der Waals surface area contributed by atoms with E-state index in [4.69, 9.17) is 35.3 Å². The molecule has 0 radical (unpaired) electrons. The molecule has 0 saturated heterocycles. The summed E-state index contributed by atoms with van der Waals surface area (Å²) < 4.78 is 27.0. The van der Waals surface area contributed by atoms with Crippen LogP contribution in [-0.2, 0) is 0 Å². The van der Waals surface area contributed by atoms with Gasteiger partial charge in [0.1, 0.15) is 5.75 Å². The van der Waals surface area contributed by atoms with Crippen molar-refractivity contribution in [1.29, 1.82) is 0 Å². The maximum Gasteiger partial charge on any atom is 0.207 e. The minimum atomic E-state index is -0.349. The fourth-order valence-electron chi connectivity index (χ4n) is 2.99. The Labute approximate surface area is 181 Å². The summed E-state index contributed by atoms with van der Waals surface area (Å²) in [5, 5.41) is -0.00236. The number of carbonyl (C=O) groups is 1. The Morgan fingerprint density at radius 1 is 0.833 bits per heavy atom. The molecule has 2 rings (SSSR count). The highest BCUT2D eigenvalue weighted by atomic mass is 35.5. The maximum atomic E-state index is 13.0. The Hall–Kier alpha value is -3.06. The lowest BCUT2D eigenvalue weighted by Crippen LogP contribution is -2.11. The molecule has 0 amide bonds. The van der Waals surface area contributed by atoms with Crippen LogP contribution in [0.2, 0.25) is 0 Å². The molecule has 0 heterocycles. The van der Waals surface area contributed by atoms with E-state index in [-0.39, 0.29) is 10.8 Å². The highest BCUT2D eigenvalue weighted by molar-refractivity contribution is 6.47. The summed E-state index contributed by atoms with van der Waals surface area (Å²) in [5.41, 5.74) is 1.69. The zero-order chi connectivity index (χ0) is 22.4. The second-order valence-electron chi connectivity index (χ2n) is 6.37. The summed E-state index contributed by atoms with van der Waals surface area (Å²) in [4.78, 5) is 14.8. The fourth-order valence-corrected chi connectivity index (χ4v) is 3.21. The van der Waals surface area contributed by atoms with Gasteiger partial charge in [-0.15, -0.1) is 0 Å². The van der Waals surface area contributed by atoms with E-state index in [1.807, 2.05) is 19.0 Å². The number of hydrogen-bond donors (Lipinski definition) is 0. The van der Waals surface area contributed by atoms with Crippen molar-refractivity contribution in [2.45, 2.75) is 0 Å². The SMILES string of the molecule is COc1ccc(C(=O)/C(Cl)=C\c2cc(OC)c(OC)c(OC)c2OC)cc1N(C)C. The first-order valence-corrected chi connectivity index (χ1v) is 9.34. The molecular weight excluding hydrogens is 410 g/mol. The van der Waals surface area contributed by atoms with Crippen molar-refractivity contribution in [2.24, 2.45) is 0 Å². The smallest absolute Gasteiger partial charge is 0.207 e. The van der Waals surface area contributed by atoms with Crippen LogP contribution in [0.3, 0.4) is 0 Å². The molecule has 0 spiro atoms. The van der Waals surface area contributed by atoms with Crippen LogP contribution in [0, 0.1) is 0 Å². The van der Waals surface area contributed by atoms with Crippen LogP contribution in [0.15, 0.2) is 29.3 Å². The second kappa shape index (κ2) is 10.1. The highest BCUT2D eigenvalue weighted by Gasteiger charge is 2.22. The van der Waals surface area contributed by atoms with E-state index in [2.05, 4.69) is 0 Å². The number of ether oxygens (including phenoxy) is 5. The van der Waals surface area contributed by atoms with Crippen molar-refractivity contribution in [3.05, 3.63) is 40.4 Å². The first-order valence-electron chi connectivity index (χ1n) is 8.97. The summed E-state index contributed by atoms with van der Waals surface area (Å²) in [5.74, 6) is 1.80. The fraction of sp³-hybridized carbons (Fsp3) is 0.318. The molecule has 30 heavy (non-hydrogen) atoms. The predicted octanol–water partition coefficient (Wildman–Crippen LogP) is 4.26. The van der Waals surface area contributed by atoms with E-state index in [1.54, 1.807) is 31.4 Å². The van der Waals surface area contributed by atoms with Gasteiger partial charge in [0.05, 0.1) is 46.3 Å². The number of anilines is 1. The number of benzene rings is 2. The van der Waals surface area contributed by atoms with Gasteiger partial charge in [0.15, 0.2) is 11.5 Å². The number of allylic oxidation sites excluding steroid dienone is 1. The molecule has 0 saturated carbocycles. The molecule has 0 aromatic heterocycles. The summed E-state index contributed by atoms with van der Waals surface area (Å²) in [6.45, 7) is 0. The van der Waals surface area contributed by atoms with Crippen molar-refractivity contribution in [1.82, 2.24) is 0 Å². The minimum absolute atomic E-state index is 0.00236. The lowest BCUT2D eigenvalue weighted by Gasteiger charge is -2.18. The van der Waals surface area contributed by atoms with Gasteiger partial charge in [0, 0.05) is 25.2 Å². The molecule has 0 N–H and O–H groups in total. The van der Waals surface area contributed by atoms with Crippen LogP contribution >= 0.6 is 11.6 Å². The van der Waals surface area contributed by atoms with E-state index in [0.29, 0.717) is 39.9 Å². The van der Waals surface area contributed by atoms with Gasteiger partial charge in [-0.3, -0.25) is 4.79 Å². The zero-order valence-electron chi connectivity index (χ0n) is 18.2. The Balaban J connectivity index is 2.56. The van der Waals surface area contributed by atoms with Crippen LogP contribution in [0.1, 0.15) is 15.9 Å². The number of nitrogens with zero attached hydrogens (tertiary/aromatic N) is 1. The van der Waals surface area contributed by atoms with E-state index < -0.39 is 0 Å². The molecule has 8 heteroatoms. The van der Waals surface area contributed by atoms with Gasteiger partial charge in [-0.25, -0.2) is 0 Å². The number of hydrogen-bond acceptors (Lipinski definition) is 7. The molecule has 0 fully saturated rings. The maximum absolute atomic E-state index is 13.0. The number of methoxy groups -OCH3 is 5. The van der Waals surface area contributed by atoms with Gasteiger partial charge < -0.3 is 28.6 Å². The monoisotopic (exact) mass is 435 g/mol. The standard InChI is InChI=1S/C22H26ClNO6/c1-24(2)16-11-13(8-9-17(16)26-3)19(25)15(23)10-14-12-18(27-4)21(29-6)22(30-7)20(14)28-5/h8-12H,1-7H3/b15-10+. The van der Waals surface area contributed by atoms with Crippen LogP contribution < -0.4 is 28.6 Å². The van der Waals surface area contributed by atoms with Gasteiger partial charge in [0.25, 0.3) is 0 Å². The first-order chi connectivity index (χ1) is 14.3. The molecule has 0 bridgehead atoms. The average molecular weight is 436 g/mol. The van der Waals surface area contributed by atoms with Crippen molar-refractivity contribution >= 4 is 29.1 Å². The van der Waals surface area contributed by atoms with Crippen LogP contribution in [0.4, 0.5) is 5.69 Å². The summed E-state index contributed by atoms with van der Waals surface area (Å²) >= 11 is 6.40. The largest absolute Gasteiger partial charge is 0.495 e. The number of carbonyl (C=O) groups excluding carboxylic acids is 1. The van der Waals surface area contributed by atoms with E-state index in [0.717, 1.165) is 5.69 Å². The quantitative estimate of drug-likeness (QED) is 0.430. The molecule has 7 nitrogen and oxygen atoms in total. The molecule has 0 aliphatic rings. The van der Waals surface area contributed by atoms with Gasteiger partial charge >= 0.3 is 0 Å². The molecule has 2 aromatic rings. The minimum Gasteiger partial charge on any atom is -0.495 e. The average Bonchev–Trinajstić information content (AvgIpc) is 2.76. The third-order valence-corrected chi connectivity index (χ3v) is 4.72. The summed E-state index contributed by atoms with van der Waals surface area (Å²) in [6.07, 6.45) is 1.51. The molecule has 162 valence electrons. The van der Waals surface area contributed by atoms with E-state index in [9.17, 15) is 4.79 Å². The van der Waals surface area contributed by atoms with Gasteiger partial charge in [0.2, 0.25) is 17.3 Å². The lowest BCUT2D eigenvalue weighted by molar-refractivity contribution is 0.104. The number of Topliss-reactive ketones (excluding diaryl/α,β-unsaturated/α-hetero) is 1.